The smallest absolute Gasteiger partial charge is 0.218 e. The second kappa shape index (κ2) is 4.03. The van der Waals surface area contributed by atoms with E-state index in [2.05, 4.69) is 11.6 Å². The number of rotatable bonds is 3. The molecule has 0 radical (unpaired) electrons. The Morgan fingerprint density at radius 3 is 3.20 bits per heavy atom. The summed E-state index contributed by atoms with van der Waals surface area (Å²) in [6, 6.07) is 0. The molecule has 0 spiro atoms. The molecule has 82 valence electrons. The highest BCUT2D eigenvalue weighted by Crippen LogP contribution is 2.23. The fourth-order valence-electron chi connectivity index (χ4n) is 1.59. The van der Waals surface area contributed by atoms with Gasteiger partial charge in [-0.05, 0) is 0 Å². The Balaban J connectivity index is 2.20. The molecule has 1 aromatic rings. The molecule has 0 bridgehead atoms. The van der Waals surface area contributed by atoms with Crippen molar-refractivity contribution in [3.8, 4) is 0 Å². The number of hydrogen-bond donors (Lipinski definition) is 0. The highest BCUT2D eigenvalue weighted by molar-refractivity contribution is 7.89. The normalized spacial score (nSPS) is 17.3. The van der Waals surface area contributed by atoms with Crippen LogP contribution in [0.5, 0.6) is 0 Å². The van der Waals surface area contributed by atoms with Crippen LogP contribution < -0.4 is 0 Å². The standard InChI is InChI=1S/C9H12N2O2S2/c1-2-5-15(12,13)11-4-3-8-9(6-11)14-7-10-8/h2,7H,1,3-6H2. The molecule has 0 saturated heterocycles. The van der Waals surface area contributed by atoms with E-state index in [1.807, 2.05) is 0 Å². The van der Waals surface area contributed by atoms with Gasteiger partial charge in [-0.2, -0.15) is 4.31 Å². The van der Waals surface area contributed by atoms with Gasteiger partial charge in [0.2, 0.25) is 10.0 Å². The number of thiazole rings is 1. The Morgan fingerprint density at radius 2 is 2.47 bits per heavy atom. The van der Waals surface area contributed by atoms with Crippen molar-refractivity contribution in [2.24, 2.45) is 0 Å². The first kappa shape index (κ1) is 10.8. The van der Waals surface area contributed by atoms with E-state index in [9.17, 15) is 8.42 Å². The van der Waals surface area contributed by atoms with Gasteiger partial charge in [-0.25, -0.2) is 13.4 Å². The van der Waals surface area contributed by atoms with E-state index < -0.39 is 10.0 Å². The fourth-order valence-corrected chi connectivity index (χ4v) is 3.70. The number of sulfonamides is 1. The van der Waals surface area contributed by atoms with E-state index in [4.69, 9.17) is 0 Å². The molecule has 0 fully saturated rings. The number of hydrogen-bond acceptors (Lipinski definition) is 4. The Kier molecular flexibility index (Phi) is 2.90. The summed E-state index contributed by atoms with van der Waals surface area (Å²) in [7, 11) is -3.16. The first-order valence-electron chi connectivity index (χ1n) is 4.63. The lowest BCUT2D eigenvalue weighted by Crippen LogP contribution is -2.36. The molecule has 0 amide bonds. The van der Waals surface area contributed by atoms with Crippen LogP contribution in [0.15, 0.2) is 18.2 Å². The largest absolute Gasteiger partial charge is 0.249 e. The van der Waals surface area contributed by atoms with Gasteiger partial charge in [0.05, 0.1) is 17.0 Å². The second-order valence-corrected chi connectivity index (χ2v) is 6.33. The van der Waals surface area contributed by atoms with Gasteiger partial charge in [0.1, 0.15) is 0 Å². The zero-order valence-corrected chi connectivity index (χ0v) is 9.85. The van der Waals surface area contributed by atoms with Crippen LogP contribution in [-0.4, -0.2) is 30.0 Å². The lowest BCUT2D eigenvalue weighted by molar-refractivity contribution is 0.394. The second-order valence-electron chi connectivity index (χ2n) is 3.37. The molecule has 1 aliphatic rings. The third kappa shape index (κ3) is 2.11. The fraction of sp³-hybridized carbons (Fsp3) is 0.444. The Morgan fingerprint density at radius 1 is 1.67 bits per heavy atom. The van der Waals surface area contributed by atoms with Crippen LogP contribution in [0.2, 0.25) is 0 Å². The first-order valence-corrected chi connectivity index (χ1v) is 7.12. The van der Waals surface area contributed by atoms with E-state index in [0.29, 0.717) is 13.1 Å². The average molecular weight is 244 g/mol. The third-order valence-electron chi connectivity index (χ3n) is 2.37. The molecule has 0 unspecified atom stereocenters. The predicted octanol–water partition coefficient (Wildman–Crippen LogP) is 1.02. The molecular formula is C9H12N2O2S2. The molecule has 0 aliphatic carbocycles. The minimum atomic E-state index is -3.16. The Bertz CT molecular complexity index is 464. The summed E-state index contributed by atoms with van der Waals surface area (Å²) in [6.07, 6.45) is 2.15. The van der Waals surface area contributed by atoms with Crippen molar-refractivity contribution < 1.29 is 8.42 Å². The van der Waals surface area contributed by atoms with Gasteiger partial charge in [0, 0.05) is 24.4 Å². The van der Waals surface area contributed by atoms with Crippen molar-refractivity contribution in [2.45, 2.75) is 13.0 Å². The molecular weight excluding hydrogens is 232 g/mol. The molecule has 2 heterocycles. The average Bonchev–Trinajstić information content (AvgIpc) is 2.63. The van der Waals surface area contributed by atoms with Crippen molar-refractivity contribution in [2.75, 3.05) is 12.3 Å². The van der Waals surface area contributed by atoms with Gasteiger partial charge in [-0.3, -0.25) is 0 Å². The Labute approximate surface area is 93.3 Å². The van der Waals surface area contributed by atoms with Crippen molar-refractivity contribution in [1.82, 2.24) is 9.29 Å². The molecule has 6 heteroatoms. The summed E-state index contributed by atoms with van der Waals surface area (Å²) in [6.45, 7) is 4.46. The van der Waals surface area contributed by atoms with Gasteiger partial charge in [0.25, 0.3) is 0 Å². The number of fused-ring (bicyclic) bond motifs is 1. The highest BCUT2D eigenvalue weighted by atomic mass is 32.2. The molecule has 0 atom stereocenters. The van der Waals surface area contributed by atoms with E-state index in [-0.39, 0.29) is 5.75 Å². The highest BCUT2D eigenvalue weighted by Gasteiger charge is 2.26. The topological polar surface area (TPSA) is 50.3 Å². The number of aromatic nitrogens is 1. The van der Waals surface area contributed by atoms with Crippen LogP contribution in [0.1, 0.15) is 10.6 Å². The number of nitrogens with zero attached hydrogens (tertiary/aromatic N) is 2. The molecule has 4 nitrogen and oxygen atoms in total. The summed E-state index contributed by atoms with van der Waals surface area (Å²) in [5.41, 5.74) is 2.82. The van der Waals surface area contributed by atoms with Crippen LogP contribution in [0.3, 0.4) is 0 Å². The maximum Gasteiger partial charge on any atom is 0.218 e. The first-order chi connectivity index (χ1) is 7.13. The van der Waals surface area contributed by atoms with E-state index in [1.54, 1.807) is 5.51 Å². The van der Waals surface area contributed by atoms with E-state index in [0.717, 1.165) is 17.0 Å². The molecule has 1 aliphatic heterocycles. The molecule has 2 rings (SSSR count). The molecule has 15 heavy (non-hydrogen) atoms. The lowest BCUT2D eigenvalue weighted by atomic mass is 10.2. The quantitative estimate of drug-likeness (QED) is 0.746. The van der Waals surface area contributed by atoms with Crippen molar-refractivity contribution in [3.05, 3.63) is 28.7 Å². The van der Waals surface area contributed by atoms with Crippen LogP contribution in [0.25, 0.3) is 0 Å². The SMILES string of the molecule is C=CCS(=O)(=O)N1CCc2ncsc2C1. The van der Waals surface area contributed by atoms with Gasteiger partial charge >= 0.3 is 0 Å². The molecule has 0 aromatic carbocycles. The van der Waals surface area contributed by atoms with Gasteiger partial charge in [-0.1, -0.05) is 6.08 Å². The summed E-state index contributed by atoms with van der Waals surface area (Å²) in [5.74, 6) is 0.0150. The van der Waals surface area contributed by atoms with Crippen LogP contribution in [-0.2, 0) is 23.0 Å². The zero-order chi connectivity index (χ0) is 10.9. The summed E-state index contributed by atoms with van der Waals surface area (Å²) >= 11 is 1.52. The molecule has 0 saturated carbocycles. The van der Waals surface area contributed by atoms with Gasteiger partial charge in [0.15, 0.2) is 0 Å². The maximum atomic E-state index is 11.8. The predicted molar refractivity (Wildman–Crippen MR) is 60.2 cm³/mol. The summed E-state index contributed by atoms with van der Waals surface area (Å²) in [5, 5.41) is 0. The monoisotopic (exact) mass is 244 g/mol. The van der Waals surface area contributed by atoms with Crippen molar-refractivity contribution in [1.29, 1.82) is 0 Å². The van der Waals surface area contributed by atoms with E-state index >= 15 is 0 Å². The zero-order valence-electron chi connectivity index (χ0n) is 8.22. The minimum Gasteiger partial charge on any atom is -0.249 e. The van der Waals surface area contributed by atoms with Crippen LogP contribution in [0.4, 0.5) is 0 Å². The minimum absolute atomic E-state index is 0.0150. The van der Waals surface area contributed by atoms with Gasteiger partial charge in [-0.15, -0.1) is 17.9 Å². The van der Waals surface area contributed by atoms with Crippen LogP contribution in [0, 0.1) is 0 Å². The van der Waals surface area contributed by atoms with Gasteiger partial charge < -0.3 is 0 Å². The van der Waals surface area contributed by atoms with Crippen LogP contribution >= 0.6 is 11.3 Å². The van der Waals surface area contributed by atoms with E-state index in [1.165, 1.54) is 21.7 Å². The molecule has 0 N–H and O–H groups in total. The molecule has 1 aromatic heterocycles. The third-order valence-corrected chi connectivity index (χ3v) is 4.98. The van der Waals surface area contributed by atoms with Crippen molar-refractivity contribution >= 4 is 21.4 Å². The Hall–Kier alpha value is -0.720. The lowest BCUT2D eigenvalue weighted by Gasteiger charge is -2.24. The maximum absolute atomic E-state index is 11.8. The summed E-state index contributed by atoms with van der Waals surface area (Å²) in [4.78, 5) is 5.26. The van der Waals surface area contributed by atoms with Crippen molar-refractivity contribution in [3.63, 3.8) is 0 Å². The summed E-state index contributed by atoms with van der Waals surface area (Å²) < 4.78 is 25.0.